The van der Waals surface area contributed by atoms with Crippen molar-refractivity contribution in [2.75, 3.05) is 14.2 Å². The van der Waals surface area contributed by atoms with Crippen LogP contribution in [0, 0.1) is 11.3 Å². The molecule has 1 aromatic heterocycles. The molecule has 28 heavy (non-hydrogen) atoms. The maximum Gasteiger partial charge on any atom is 0.205 e. The lowest BCUT2D eigenvalue weighted by atomic mass is 9.82. The second-order valence-electron chi connectivity index (χ2n) is 6.24. The number of ether oxygens (including phenoxy) is 3. The van der Waals surface area contributed by atoms with E-state index in [1.165, 1.54) is 0 Å². The van der Waals surface area contributed by atoms with Crippen molar-refractivity contribution >= 4 is 26.7 Å². The molecule has 0 radical (unpaired) electrons. The molecule has 4 rings (SSSR count). The van der Waals surface area contributed by atoms with Gasteiger partial charge in [0.25, 0.3) is 0 Å². The van der Waals surface area contributed by atoms with Crippen LogP contribution < -0.4 is 19.9 Å². The second kappa shape index (κ2) is 7.06. The van der Waals surface area contributed by atoms with Crippen LogP contribution in [0.15, 0.2) is 58.7 Å². The highest BCUT2D eigenvalue weighted by Crippen LogP contribution is 2.48. The zero-order chi connectivity index (χ0) is 19.8. The van der Waals surface area contributed by atoms with Gasteiger partial charge >= 0.3 is 0 Å². The van der Waals surface area contributed by atoms with E-state index in [1.807, 2.05) is 30.3 Å². The molecule has 0 spiro atoms. The van der Waals surface area contributed by atoms with E-state index >= 15 is 0 Å². The summed E-state index contributed by atoms with van der Waals surface area (Å²) in [5.41, 5.74) is 8.17. The highest BCUT2D eigenvalue weighted by Gasteiger charge is 2.32. The van der Waals surface area contributed by atoms with Crippen molar-refractivity contribution in [3.63, 3.8) is 0 Å². The molecule has 2 aromatic carbocycles. The quantitative estimate of drug-likeness (QED) is 0.658. The molecule has 0 aliphatic carbocycles. The lowest BCUT2D eigenvalue weighted by Gasteiger charge is -2.28. The molecule has 7 heteroatoms. The summed E-state index contributed by atoms with van der Waals surface area (Å²) in [6.07, 6.45) is 3.47. The van der Waals surface area contributed by atoms with Gasteiger partial charge in [0.05, 0.1) is 24.6 Å². The van der Waals surface area contributed by atoms with Crippen molar-refractivity contribution in [2.24, 2.45) is 5.73 Å². The number of halogens is 1. The molecule has 3 aromatic rings. The number of benzene rings is 2. The highest BCUT2D eigenvalue weighted by molar-refractivity contribution is 9.10. The standard InChI is InChI=1S/C21H16BrN3O3/c1-26-17-8-12(7-16(22)20(17)27-2)18-14-4-3-11-10-25-6-5-13(11)19(14)28-21(24)15(18)9-23/h3-8,10,18H,24H2,1-2H3. The molecule has 140 valence electrons. The molecule has 6 nitrogen and oxygen atoms in total. The number of aromatic nitrogens is 1. The Labute approximate surface area is 170 Å². The summed E-state index contributed by atoms with van der Waals surface area (Å²) in [7, 11) is 3.15. The van der Waals surface area contributed by atoms with E-state index in [-0.39, 0.29) is 5.88 Å². The fraction of sp³-hybridized carbons (Fsp3) is 0.143. The first-order valence-corrected chi connectivity index (χ1v) is 9.24. The van der Waals surface area contributed by atoms with Crippen molar-refractivity contribution in [3.05, 3.63) is 69.8 Å². The first kappa shape index (κ1) is 18.1. The number of nitrogens with zero attached hydrogens (tertiary/aromatic N) is 2. The van der Waals surface area contributed by atoms with E-state index < -0.39 is 5.92 Å². The Bertz CT molecular complexity index is 1170. The fourth-order valence-corrected chi connectivity index (χ4v) is 4.15. The van der Waals surface area contributed by atoms with Gasteiger partial charge in [0.1, 0.15) is 17.4 Å². The van der Waals surface area contributed by atoms with E-state index in [2.05, 4.69) is 27.0 Å². The molecule has 1 aliphatic heterocycles. The number of allylic oxidation sites excluding steroid dienone is 1. The molecular formula is C21H16BrN3O3. The number of rotatable bonds is 3. The summed E-state index contributed by atoms with van der Waals surface area (Å²) in [6.45, 7) is 0. The minimum atomic E-state index is -0.401. The predicted octanol–water partition coefficient (Wildman–Crippen LogP) is 4.23. The van der Waals surface area contributed by atoms with Crippen LogP contribution in [0.5, 0.6) is 17.2 Å². The third-order valence-corrected chi connectivity index (χ3v) is 5.38. The van der Waals surface area contributed by atoms with Crippen LogP contribution >= 0.6 is 15.9 Å². The van der Waals surface area contributed by atoms with E-state index in [1.54, 1.807) is 26.6 Å². The van der Waals surface area contributed by atoms with Crippen LogP contribution in [0.25, 0.3) is 10.8 Å². The maximum atomic E-state index is 9.78. The van der Waals surface area contributed by atoms with Crippen molar-refractivity contribution < 1.29 is 14.2 Å². The first-order chi connectivity index (χ1) is 13.6. The number of fused-ring (bicyclic) bond motifs is 3. The molecule has 2 heterocycles. The van der Waals surface area contributed by atoms with E-state index in [0.717, 1.165) is 26.4 Å². The number of nitrogens with two attached hydrogens (primary N) is 1. The Balaban J connectivity index is 2.00. The van der Waals surface area contributed by atoms with Crippen LogP contribution in [0.4, 0.5) is 0 Å². The highest BCUT2D eigenvalue weighted by atomic mass is 79.9. The molecule has 0 saturated heterocycles. The average molecular weight is 438 g/mol. The smallest absolute Gasteiger partial charge is 0.205 e. The van der Waals surface area contributed by atoms with Gasteiger partial charge < -0.3 is 19.9 Å². The normalized spacial score (nSPS) is 15.6. The lowest BCUT2D eigenvalue weighted by Crippen LogP contribution is -2.21. The number of pyridine rings is 1. The molecule has 0 saturated carbocycles. The van der Waals surface area contributed by atoms with Gasteiger partial charge in [0.2, 0.25) is 5.88 Å². The molecule has 2 N–H and O–H groups in total. The van der Waals surface area contributed by atoms with Crippen molar-refractivity contribution in [1.29, 1.82) is 5.26 Å². The lowest BCUT2D eigenvalue weighted by molar-refractivity contribution is 0.352. The summed E-state index contributed by atoms with van der Waals surface area (Å²) in [4.78, 5) is 4.15. The Kier molecular flexibility index (Phi) is 4.57. The minimum absolute atomic E-state index is 0.0928. The first-order valence-electron chi connectivity index (χ1n) is 8.44. The third kappa shape index (κ3) is 2.74. The van der Waals surface area contributed by atoms with Crippen LogP contribution in [0.1, 0.15) is 17.0 Å². The maximum absolute atomic E-state index is 9.78. The van der Waals surface area contributed by atoms with Gasteiger partial charge in [-0.15, -0.1) is 0 Å². The average Bonchev–Trinajstić information content (AvgIpc) is 2.72. The third-order valence-electron chi connectivity index (χ3n) is 4.79. The van der Waals surface area contributed by atoms with Gasteiger partial charge in [-0.1, -0.05) is 12.1 Å². The topological polar surface area (TPSA) is 90.4 Å². The van der Waals surface area contributed by atoms with Gasteiger partial charge in [-0.25, -0.2) is 0 Å². The minimum Gasteiger partial charge on any atom is -0.493 e. The zero-order valence-electron chi connectivity index (χ0n) is 15.2. The van der Waals surface area contributed by atoms with Gasteiger partial charge in [-0.2, -0.15) is 5.26 Å². The zero-order valence-corrected chi connectivity index (χ0v) is 16.8. The van der Waals surface area contributed by atoms with E-state index in [4.69, 9.17) is 19.9 Å². The summed E-state index contributed by atoms with van der Waals surface area (Å²) in [5.74, 6) is 1.46. The number of nitriles is 1. The van der Waals surface area contributed by atoms with Gasteiger partial charge in [0.15, 0.2) is 11.5 Å². The van der Waals surface area contributed by atoms with Gasteiger partial charge in [-0.05, 0) is 39.7 Å². The number of methoxy groups -OCH3 is 2. The number of hydrogen-bond donors (Lipinski definition) is 1. The molecule has 1 aliphatic rings. The molecular weight excluding hydrogens is 422 g/mol. The summed E-state index contributed by atoms with van der Waals surface area (Å²) in [6, 6.07) is 11.7. The molecule has 1 atom stereocenters. The predicted molar refractivity (Wildman–Crippen MR) is 108 cm³/mol. The van der Waals surface area contributed by atoms with E-state index in [0.29, 0.717) is 22.8 Å². The van der Waals surface area contributed by atoms with Gasteiger partial charge in [0, 0.05) is 28.7 Å². The molecule has 1 unspecified atom stereocenters. The van der Waals surface area contributed by atoms with Crippen molar-refractivity contribution in [2.45, 2.75) is 5.92 Å². The molecule has 0 fully saturated rings. The number of hydrogen-bond acceptors (Lipinski definition) is 6. The Morgan fingerprint density at radius 2 is 2.04 bits per heavy atom. The Morgan fingerprint density at radius 1 is 1.21 bits per heavy atom. The molecule has 0 amide bonds. The van der Waals surface area contributed by atoms with Crippen LogP contribution in [-0.2, 0) is 0 Å². The van der Waals surface area contributed by atoms with E-state index in [9.17, 15) is 5.26 Å². The molecule has 0 bridgehead atoms. The summed E-state index contributed by atoms with van der Waals surface area (Å²) >= 11 is 3.53. The summed E-state index contributed by atoms with van der Waals surface area (Å²) in [5, 5.41) is 11.6. The van der Waals surface area contributed by atoms with Crippen molar-refractivity contribution in [3.8, 4) is 23.3 Å². The van der Waals surface area contributed by atoms with Crippen molar-refractivity contribution in [1.82, 2.24) is 4.98 Å². The van der Waals surface area contributed by atoms with Crippen LogP contribution in [-0.4, -0.2) is 19.2 Å². The van der Waals surface area contributed by atoms with Crippen LogP contribution in [0.2, 0.25) is 0 Å². The fourth-order valence-electron chi connectivity index (χ4n) is 3.53. The Morgan fingerprint density at radius 3 is 2.75 bits per heavy atom. The second-order valence-corrected chi connectivity index (χ2v) is 7.10. The monoisotopic (exact) mass is 437 g/mol. The summed E-state index contributed by atoms with van der Waals surface area (Å²) < 4.78 is 17.5. The van der Waals surface area contributed by atoms with Crippen LogP contribution in [0.3, 0.4) is 0 Å². The largest absolute Gasteiger partial charge is 0.493 e. The Hall–Kier alpha value is -3.24. The SMILES string of the molecule is COc1cc(C2C(C#N)=C(N)Oc3c2ccc2cnccc32)cc(Br)c1OC. The van der Waals surface area contributed by atoms with Gasteiger partial charge in [-0.3, -0.25) is 4.98 Å².